The standard InChI is InChI=1S/C27H18N2OS/c1-20-16-25(12-13-27(20)30)31-26-18-21(8-10-23-6-2-4-14-28-23)17-22(19-26)9-11-24-7-3-5-15-29-24/h2-7,12-19,30H,1H3. The second-order valence-corrected chi connectivity index (χ2v) is 7.87. The van der Waals surface area contributed by atoms with Crippen molar-refractivity contribution in [1.29, 1.82) is 0 Å². The van der Waals surface area contributed by atoms with Crippen molar-refractivity contribution in [2.24, 2.45) is 0 Å². The van der Waals surface area contributed by atoms with Gasteiger partial charge in [0.1, 0.15) is 17.1 Å². The molecule has 0 aliphatic rings. The highest BCUT2D eigenvalue weighted by atomic mass is 32.2. The number of phenolic OH excluding ortho intramolecular Hbond substituents is 1. The Morgan fingerprint density at radius 2 is 1.29 bits per heavy atom. The van der Waals surface area contributed by atoms with Gasteiger partial charge in [-0.1, -0.05) is 35.7 Å². The van der Waals surface area contributed by atoms with Crippen LogP contribution in [-0.4, -0.2) is 15.1 Å². The first-order valence-electron chi connectivity index (χ1n) is 9.64. The van der Waals surface area contributed by atoms with Crippen molar-refractivity contribution in [3.05, 3.63) is 113 Å². The number of nitrogens with zero attached hydrogens (tertiary/aromatic N) is 2. The summed E-state index contributed by atoms with van der Waals surface area (Å²) in [6, 6.07) is 23.0. The molecule has 0 unspecified atom stereocenters. The number of hydrogen-bond acceptors (Lipinski definition) is 4. The van der Waals surface area contributed by atoms with Gasteiger partial charge >= 0.3 is 0 Å². The number of aryl methyl sites for hydroxylation is 1. The number of pyridine rings is 2. The van der Waals surface area contributed by atoms with Gasteiger partial charge in [0.25, 0.3) is 0 Å². The summed E-state index contributed by atoms with van der Waals surface area (Å²) >= 11 is 1.60. The lowest BCUT2D eigenvalue weighted by molar-refractivity contribution is 0.470. The summed E-state index contributed by atoms with van der Waals surface area (Å²) in [5, 5.41) is 9.80. The molecule has 0 saturated carbocycles. The molecular formula is C27H18N2OS. The van der Waals surface area contributed by atoms with Crippen molar-refractivity contribution in [3.8, 4) is 29.4 Å². The summed E-state index contributed by atoms with van der Waals surface area (Å²) in [6.07, 6.45) is 3.46. The Morgan fingerprint density at radius 1 is 0.677 bits per heavy atom. The van der Waals surface area contributed by atoms with E-state index in [1.54, 1.807) is 30.2 Å². The third-order valence-corrected chi connectivity index (χ3v) is 5.27. The molecule has 31 heavy (non-hydrogen) atoms. The van der Waals surface area contributed by atoms with Crippen molar-refractivity contribution in [2.45, 2.75) is 16.7 Å². The smallest absolute Gasteiger partial charge is 0.118 e. The molecule has 2 aromatic carbocycles. The molecule has 4 heteroatoms. The van der Waals surface area contributed by atoms with Crippen LogP contribution in [0.5, 0.6) is 5.75 Å². The Labute approximate surface area is 186 Å². The molecular weight excluding hydrogens is 400 g/mol. The van der Waals surface area contributed by atoms with E-state index in [1.807, 2.05) is 73.7 Å². The van der Waals surface area contributed by atoms with E-state index in [0.29, 0.717) is 5.75 Å². The van der Waals surface area contributed by atoms with E-state index in [9.17, 15) is 5.11 Å². The summed E-state index contributed by atoms with van der Waals surface area (Å²) in [6.45, 7) is 1.89. The summed E-state index contributed by atoms with van der Waals surface area (Å²) in [7, 11) is 0. The number of hydrogen-bond donors (Lipinski definition) is 1. The predicted molar refractivity (Wildman–Crippen MR) is 124 cm³/mol. The normalized spacial score (nSPS) is 9.84. The monoisotopic (exact) mass is 418 g/mol. The Bertz CT molecular complexity index is 1250. The molecule has 0 amide bonds. The van der Waals surface area contributed by atoms with Crippen LogP contribution in [0.3, 0.4) is 0 Å². The van der Waals surface area contributed by atoms with Crippen molar-refractivity contribution in [3.63, 3.8) is 0 Å². The summed E-state index contributed by atoms with van der Waals surface area (Å²) in [5.74, 6) is 12.9. The van der Waals surface area contributed by atoms with Crippen molar-refractivity contribution < 1.29 is 5.11 Å². The lowest BCUT2D eigenvalue weighted by Gasteiger charge is -2.06. The number of aromatic hydroxyl groups is 1. The molecule has 0 fully saturated rings. The van der Waals surface area contributed by atoms with E-state index >= 15 is 0 Å². The first-order valence-corrected chi connectivity index (χ1v) is 10.5. The van der Waals surface area contributed by atoms with Gasteiger partial charge in [0.05, 0.1) is 0 Å². The number of phenols is 1. The van der Waals surface area contributed by atoms with Crippen molar-refractivity contribution >= 4 is 11.8 Å². The van der Waals surface area contributed by atoms with E-state index in [1.165, 1.54) is 0 Å². The van der Waals surface area contributed by atoms with E-state index in [-0.39, 0.29) is 0 Å². The van der Waals surface area contributed by atoms with Gasteiger partial charge < -0.3 is 5.11 Å². The van der Waals surface area contributed by atoms with Crippen molar-refractivity contribution in [1.82, 2.24) is 9.97 Å². The van der Waals surface area contributed by atoms with Crippen LogP contribution in [0.15, 0.2) is 95.0 Å². The largest absolute Gasteiger partial charge is 0.508 e. The van der Waals surface area contributed by atoms with E-state index in [2.05, 4.69) is 33.6 Å². The Balaban J connectivity index is 1.70. The third kappa shape index (κ3) is 5.76. The quantitative estimate of drug-likeness (QED) is 0.440. The van der Waals surface area contributed by atoms with E-state index in [0.717, 1.165) is 37.9 Å². The van der Waals surface area contributed by atoms with Crippen LogP contribution in [0.4, 0.5) is 0 Å². The lowest BCUT2D eigenvalue weighted by atomic mass is 10.1. The van der Waals surface area contributed by atoms with Gasteiger partial charge in [-0.3, -0.25) is 0 Å². The van der Waals surface area contributed by atoms with Crippen LogP contribution in [0, 0.1) is 30.6 Å². The molecule has 0 radical (unpaired) electrons. The summed E-state index contributed by atoms with van der Waals surface area (Å²) in [5.41, 5.74) is 3.99. The fourth-order valence-electron chi connectivity index (χ4n) is 2.78. The highest BCUT2D eigenvalue weighted by molar-refractivity contribution is 7.99. The van der Waals surface area contributed by atoms with Crippen LogP contribution in [0.25, 0.3) is 0 Å². The number of aromatic nitrogens is 2. The summed E-state index contributed by atoms with van der Waals surface area (Å²) in [4.78, 5) is 10.6. The Hall–Kier alpha value is -3.99. The summed E-state index contributed by atoms with van der Waals surface area (Å²) < 4.78 is 0. The van der Waals surface area contributed by atoms with Gasteiger partial charge in [-0.15, -0.1) is 0 Å². The molecule has 0 atom stereocenters. The molecule has 0 bridgehead atoms. The molecule has 0 aliphatic carbocycles. The highest BCUT2D eigenvalue weighted by Crippen LogP contribution is 2.31. The fraction of sp³-hybridized carbons (Fsp3) is 0.0370. The van der Waals surface area contributed by atoms with Crippen LogP contribution < -0.4 is 0 Å². The Kier molecular flexibility index (Phi) is 6.33. The van der Waals surface area contributed by atoms with Crippen LogP contribution in [-0.2, 0) is 0 Å². The minimum atomic E-state index is 0.293. The fourth-order valence-corrected chi connectivity index (χ4v) is 3.79. The predicted octanol–water partition coefficient (Wildman–Crippen LogP) is 5.44. The maximum Gasteiger partial charge on any atom is 0.118 e. The van der Waals surface area contributed by atoms with E-state index in [4.69, 9.17) is 0 Å². The van der Waals surface area contributed by atoms with Gasteiger partial charge in [-0.05, 0) is 85.0 Å². The molecule has 0 saturated heterocycles. The van der Waals surface area contributed by atoms with Crippen LogP contribution in [0.2, 0.25) is 0 Å². The molecule has 0 spiro atoms. The minimum Gasteiger partial charge on any atom is -0.508 e. The first-order chi connectivity index (χ1) is 15.2. The molecule has 2 heterocycles. The zero-order valence-corrected chi connectivity index (χ0v) is 17.6. The molecule has 2 aromatic heterocycles. The lowest BCUT2D eigenvalue weighted by Crippen LogP contribution is -1.86. The average molecular weight is 419 g/mol. The molecule has 4 aromatic rings. The SMILES string of the molecule is Cc1cc(Sc2cc(C#Cc3ccccn3)cc(C#Cc3ccccn3)c2)ccc1O. The van der Waals surface area contributed by atoms with Gasteiger partial charge in [-0.25, -0.2) is 9.97 Å². The zero-order chi connectivity index (χ0) is 21.5. The number of benzene rings is 2. The molecule has 148 valence electrons. The van der Waals surface area contributed by atoms with Crippen LogP contribution in [0.1, 0.15) is 28.1 Å². The van der Waals surface area contributed by atoms with Gasteiger partial charge in [0, 0.05) is 33.3 Å². The first kappa shape index (κ1) is 20.3. The molecule has 1 N–H and O–H groups in total. The maximum absolute atomic E-state index is 9.80. The second kappa shape index (κ2) is 9.67. The van der Waals surface area contributed by atoms with Crippen LogP contribution >= 0.6 is 11.8 Å². The second-order valence-electron chi connectivity index (χ2n) is 6.73. The average Bonchev–Trinajstić information content (AvgIpc) is 2.80. The zero-order valence-electron chi connectivity index (χ0n) is 16.8. The molecule has 4 rings (SSSR count). The van der Waals surface area contributed by atoms with Gasteiger partial charge in [0.15, 0.2) is 0 Å². The van der Waals surface area contributed by atoms with Gasteiger partial charge in [0.2, 0.25) is 0 Å². The molecule has 0 aliphatic heterocycles. The Morgan fingerprint density at radius 3 is 1.81 bits per heavy atom. The van der Waals surface area contributed by atoms with E-state index < -0.39 is 0 Å². The number of rotatable bonds is 2. The third-order valence-electron chi connectivity index (χ3n) is 4.31. The van der Waals surface area contributed by atoms with Crippen molar-refractivity contribution in [2.75, 3.05) is 0 Å². The maximum atomic E-state index is 9.80. The highest BCUT2D eigenvalue weighted by Gasteiger charge is 2.04. The molecule has 3 nitrogen and oxygen atoms in total. The van der Waals surface area contributed by atoms with Gasteiger partial charge in [-0.2, -0.15) is 0 Å². The minimum absolute atomic E-state index is 0.293. The topological polar surface area (TPSA) is 46.0 Å².